The zero-order valence-electron chi connectivity index (χ0n) is 8.83. The van der Waals surface area contributed by atoms with Crippen LogP contribution in [-0.4, -0.2) is 11.5 Å². The molecule has 3 nitrogen and oxygen atoms in total. The highest BCUT2D eigenvalue weighted by Crippen LogP contribution is 2.14. The fourth-order valence-electron chi connectivity index (χ4n) is 0.920. The molecule has 0 spiro atoms. The average Bonchev–Trinajstić information content (AvgIpc) is 2.14. The van der Waals surface area contributed by atoms with Gasteiger partial charge in [-0.15, -0.1) is 0 Å². The third kappa shape index (κ3) is 3.44. The van der Waals surface area contributed by atoms with E-state index in [1.54, 1.807) is 12.3 Å². The van der Waals surface area contributed by atoms with Gasteiger partial charge < -0.3 is 5.32 Å². The van der Waals surface area contributed by atoms with Crippen LogP contribution in [0, 0.1) is 16.7 Å². The minimum atomic E-state index is 0.232. The quantitative estimate of drug-likeness (QED) is 0.777. The average molecular weight is 189 g/mol. The Balaban J connectivity index is 2.58. The number of hydrogen-bond donors (Lipinski definition) is 1. The van der Waals surface area contributed by atoms with E-state index in [1.807, 2.05) is 12.1 Å². The largest absolute Gasteiger partial charge is 0.370 e. The van der Waals surface area contributed by atoms with Gasteiger partial charge in [0, 0.05) is 12.7 Å². The lowest BCUT2D eigenvalue weighted by Gasteiger charge is -2.18. The maximum absolute atomic E-state index is 8.58. The maximum atomic E-state index is 8.58. The van der Waals surface area contributed by atoms with Crippen LogP contribution in [0.25, 0.3) is 0 Å². The summed E-state index contributed by atoms with van der Waals surface area (Å²) in [5.74, 6) is 0.818. The Morgan fingerprint density at radius 2 is 2.14 bits per heavy atom. The number of rotatable bonds is 2. The van der Waals surface area contributed by atoms with Gasteiger partial charge in [-0.3, -0.25) is 0 Å². The van der Waals surface area contributed by atoms with Crippen LogP contribution in [0.5, 0.6) is 0 Å². The third-order valence-corrected chi connectivity index (χ3v) is 1.69. The molecule has 0 saturated heterocycles. The second kappa shape index (κ2) is 4.10. The van der Waals surface area contributed by atoms with Crippen LogP contribution in [0.3, 0.4) is 0 Å². The Hall–Kier alpha value is -1.56. The molecule has 1 N–H and O–H groups in total. The van der Waals surface area contributed by atoms with E-state index < -0.39 is 0 Å². The van der Waals surface area contributed by atoms with Crippen molar-refractivity contribution < 1.29 is 0 Å². The lowest BCUT2D eigenvalue weighted by molar-refractivity contribution is 0.442. The van der Waals surface area contributed by atoms with Crippen molar-refractivity contribution in [2.45, 2.75) is 20.8 Å². The van der Waals surface area contributed by atoms with Crippen molar-refractivity contribution in [2.24, 2.45) is 5.41 Å². The van der Waals surface area contributed by atoms with E-state index in [1.165, 1.54) is 0 Å². The van der Waals surface area contributed by atoms with Crippen LogP contribution in [0.2, 0.25) is 0 Å². The minimum absolute atomic E-state index is 0.232. The molecule has 0 bridgehead atoms. The van der Waals surface area contributed by atoms with Crippen LogP contribution in [-0.2, 0) is 0 Å². The summed E-state index contributed by atoms with van der Waals surface area (Å²) in [6.07, 6.45) is 1.57. The molecule has 0 radical (unpaired) electrons. The first-order valence-corrected chi connectivity index (χ1v) is 4.61. The topological polar surface area (TPSA) is 48.7 Å². The van der Waals surface area contributed by atoms with Crippen molar-refractivity contribution in [2.75, 3.05) is 11.9 Å². The van der Waals surface area contributed by atoms with E-state index in [0.717, 1.165) is 12.4 Å². The lowest BCUT2D eigenvalue weighted by Crippen LogP contribution is -2.19. The summed E-state index contributed by atoms with van der Waals surface area (Å²) in [5, 5.41) is 11.8. The van der Waals surface area contributed by atoms with Crippen LogP contribution in [0.1, 0.15) is 26.3 Å². The smallest absolute Gasteiger partial charge is 0.125 e. The number of nitrogens with one attached hydrogen (secondary N) is 1. The molecule has 0 fully saturated rings. The molecule has 0 atom stereocenters. The second-order valence-electron chi connectivity index (χ2n) is 4.46. The zero-order chi connectivity index (χ0) is 10.6. The number of pyridine rings is 1. The molecule has 1 heterocycles. The fraction of sp³-hybridized carbons (Fsp3) is 0.455. The van der Waals surface area contributed by atoms with Crippen molar-refractivity contribution >= 4 is 5.82 Å². The number of aromatic nitrogens is 1. The molecule has 0 aliphatic carbocycles. The standard InChI is InChI=1S/C11H15N3/c1-11(2,3)8-14-10-5-4-9(6-12)7-13-10/h4-5,7H,8H2,1-3H3,(H,13,14). The van der Waals surface area contributed by atoms with Crippen LogP contribution >= 0.6 is 0 Å². The van der Waals surface area contributed by atoms with Crippen LogP contribution in [0.4, 0.5) is 5.82 Å². The first-order valence-electron chi connectivity index (χ1n) is 4.61. The third-order valence-electron chi connectivity index (χ3n) is 1.69. The second-order valence-corrected chi connectivity index (χ2v) is 4.46. The summed E-state index contributed by atoms with van der Waals surface area (Å²) < 4.78 is 0. The zero-order valence-corrected chi connectivity index (χ0v) is 8.83. The first kappa shape index (κ1) is 10.5. The van der Waals surface area contributed by atoms with Gasteiger partial charge in [0.1, 0.15) is 11.9 Å². The summed E-state index contributed by atoms with van der Waals surface area (Å²) in [6, 6.07) is 5.62. The summed E-state index contributed by atoms with van der Waals surface area (Å²) in [5.41, 5.74) is 0.821. The van der Waals surface area contributed by atoms with Crippen molar-refractivity contribution in [1.29, 1.82) is 5.26 Å². The van der Waals surface area contributed by atoms with Crippen LogP contribution < -0.4 is 5.32 Å². The van der Waals surface area contributed by atoms with E-state index in [0.29, 0.717) is 5.56 Å². The number of anilines is 1. The summed E-state index contributed by atoms with van der Waals surface area (Å²) in [7, 11) is 0. The monoisotopic (exact) mass is 189 g/mol. The molecule has 1 aromatic heterocycles. The van der Waals surface area contributed by atoms with Gasteiger partial charge in [0.25, 0.3) is 0 Å². The van der Waals surface area contributed by atoms with E-state index in [4.69, 9.17) is 5.26 Å². The summed E-state index contributed by atoms with van der Waals surface area (Å²) in [4.78, 5) is 4.12. The predicted molar refractivity (Wildman–Crippen MR) is 56.9 cm³/mol. The van der Waals surface area contributed by atoms with Crippen molar-refractivity contribution in [3.8, 4) is 6.07 Å². The molecule has 0 unspecified atom stereocenters. The molecule has 0 aliphatic heterocycles. The molecule has 3 heteroatoms. The fourth-order valence-corrected chi connectivity index (χ4v) is 0.920. The van der Waals surface area contributed by atoms with Gasteiger partial charge in [-0.2, -0.15) is 5.26 Å². The van der Waals surface area contributed by atoms with Crippen molar-refractivity contribution in [1.82, 2.24) is 4.98 Å². The van der Waals surface area contributed by atoms with Gasteiger partial charge in [-0.1, -0.05) is 20.8 Å². The molecule has 0 aliphatic rings. The molecular formula is C11H15N3. The van der Waals surface area contributed by atoms with E-state index >= 15 is 0 Å². The molecule has 14 heavy (non-hydrogen) atoms. The van der Waals surface area contributed by atoms with Gasteiger partial charge in [0.15, 0.2) is 0 Å². The molecule has 74 valence electrons. The summed E-state index contributed by atoms with van der Waals surface area (Å²) in [6.45, 7) is 7.34. The normalized spacial score (nSPS) is 10.7. The number of nitrogens with zero attached hydrogens (tertiary/aromatic N) is 2. The molecule has 0 aromatic carbocycles. The van der Waals surface area contributed by atoms with E-state index in [2.05, 4.69) is 31.1 Å². The Morgan fingerprint density at radius 1 is 1.43 bits per heavy atom. The number of nitriles is 1. The first-order chi connectivity index (χ1) is 6.51. The SMILES string of the molecule is CC(C)(C)CNc1ccc(C#N)cn1. The molecule has 1 aromatic rings. The Labute approximate surface area is 84.8 Å². The van der Waals surface area contributed by atoms with Crippen molar-refractivity contribution in [3.05, 3.63) is 23.9 Å². The highest BCUT2D eigenvalue weighted by molar-refractivity contribution is 5.38. The lowest BCUT2D eigenvalue weighted by atomic mass is 9.97. The minimum Gasteiger partial charge on any atom is -0.370 e. The highest BCUT2D eigenvalue weighted by Gasteiger charge is 2.09. The maximum Gasteiger partial charge on any atom is 0.125 e. The van der Waals surface area contributed by atoms with Crippen LogP contribution in [0.15, 0.2) is 18.3 Å². The van der Waals surface area contributed by atoms with Gasteiger partial charge in [0.2, 0.25) is 0 Å². The predicted octanol–water partition coefficient (Wildman–Crippen LogP) is 2.41. The van der Waals surface area contributed by atoms with Gasteiger partial charge in [0.05, 0.1) is 5.56 Å². The Morgan fingerprint density at radius 3 is 2.57 bits per heavy atom. The Kier molecular flexibility index (Phi) is 3.08. The van der Waals surface area contributed by atoms with Crippen molar-refractivity contribution in [3.63, 3.8) is 0 Å². The van der Waals surface area contributed by atoms with Gasteiger partial charge in [-0.25, -0.2) is 4.98 Å². The molecule has 0 amide bonds. The van der Waals surface area contributed by atoms with E-state index in [-0.39, 0.29) is 5.41 Å². The van der Waals surface area contributed by atoms with Gasteiger partial charge >= 0.3 is 0 Å². The van der Waals surface area contributed by atoms with E-state index in [9.17, 15) is 0 Å². The molecular weight excluding hydrogens is 174 g/mol. The molecule has 0 saturated carbocycles. The van der Waals surface area contributed by atoms with Gasteiger partial charge in [-0.05, 0) is 17.5 Å². The molecule has 1 rings (SSSR count). The Bertz CT molecular complexity index is 327. The summed E-state index contributed by atoms with van der Waals surface area (Å²) >= 11 is 0. The number of hydrogen-bond acceptors (Lipinski definition) is 3. The highest BCUT2D eigenvalue weighted by atomic mass is 15.0.